The Morgan fingerprint density at radius 3 is 2.35 bits per heavy atom. The molecule has 0 heterocycles. The number of benzene rings is 1. The molecule has 0 aliphatic heterocycles. The molecule has 1 rings (SSSR count). The Kier molecular flexibility index (Phi) is 5.28. The van der Waals surface area contributed by atoms with Crippen molar-refractivity contribution in [2.75, 3.05) is 7.11 Å². The third-order valence-electron chi connectivity index (χ3n) is 2.75. The third kappa shape index (κ3) is 3.95. The fourth-order valence-corrected chi connectivity index (χ4v) is 1.42. The first-order valence-corrected chi connectivity index (χ1v) is 5.85. The van der Waals surface area contributed by atoms with Gasteiger partial charge < -0.3 is 4.74 Å². The number of hydrogen-bond acceptors (Lipinski definition) is 1. The van der Waals surface area contributed by atoms with Crippen LogP contribution in [0.3, 0.4) is 0 Å². The van der Waals surface area contributed by atoms with Crippen molar-refractivity contribution in [1.29, 1.82) is 0 Å². The van der Waals surface area contributed by atoms with E-state index in [0.29, 0.717) is 0 Å². The Balaban J connectivity index is 2.97. The molecule has 1 heteroatoms. The molecule has 1 aromatic rings. The topological polar surface area (TPSA) is 9.23 Å². The average Bonchev–Trinajstić information content (AvgIpc) is 2.39. The molecule has 0 aliphatic carbocycles. The highest BCUT2D eigenvalue weighted by Gasteiger charge is 1.97. The highest BCUT2D eigenvalue weighted by Crippen LogP contribution is 2.19. The van der Waals surface area contributed by atoms with Gasteiger partial charge in [0.05, 0.1) is 7.11 Å². The molecule has 0 saturated heterocycles. The largest absolute Gasteiger partial charge is 0.497 e. The minimum absolute atomic E-state index is 0.873. The smallest absolute Gasteiger partial charge is 0.118 e. The SMILES string of the molecule is C=C/C(=C\C=C(/C)CC)c1ccc(OC)cc1. The first-order chi connectivity index (χ1) is 8.21. The van der Waals surface area contributed by atoms with E-state index in [1.54, 1.807) is 7.11 Å². The van der Waals surface area contributed by atoms with Crippen LogP contribution < -0.4 is 4.74 Å². The minimum Gasteiger partial charge on any atom is -0.497 e. The molecular formula is C16H20O. The molecule has 0 unspecified atom stereocenters. The first-order valence-electron chi connectivity index (χ1n) is 5.85. The van der Waals surface area contributed by atoms with Crippen LogP contribution in [0.15, 0.2) is 54.6 Å². The molecule has 0 spiro atoms. The van der Waals surface area contributed by atoms with Crippen LogP contribution >= 0.6 is 0 Å². The summed E-state index contributed by atoms with van der Waals surface area (Å²) in [6.45, 7) is 8.14. The molecule has 0 saturated carbocycles. The molecule has 90 valence electrons. The van der Waals surface area contributed by atoms with Crippen LogP contribution in [0, 0.1) is 0 Å². The molecule has 0 bridgehead atoms. The molecule has 1 nitrogen and oxygen atoms in total. The van der Waals surface area contributed by atoms with Crippen molar-refractivity contribution in [1.82, 2.24) is 0 Å². The summed E-state index contributed by atoms with van der Waals surface area (Å²) in [4.78, 5) is 0. The van der Waals surface area contributed by atoms with E-state index in [1.165, 1.54) is 5.57 Å². The second kappa shape index (κ2) is 6.74. The van der Waals surface area contributed by atoms with E-state index in [0.717, 1.165) is 23.3 Å². The lowest BCUT2D eigenvalue weighted by Gasteiger charge is -2.04. The van der Waals surface area contributed by atoms with Gasteiger partial charge in [-0.15, -0.1) is 0 Å². The van der Waals surface area contributed by atoms with Gasteiger partial charge in [-0.05, 0) is 36.6 Å². The average molecular weight is 228 g/mol. The van der Waals surface area contributed by atoms with Crippen molar-refractivity contribution in [2.45, 2.75) is 20.3 Å². The van der Waals surface area contributed by atoms with Gasteiger partial charge in [-0.25, -0.2) is 0 Å². The lowest BCUT2D eigenvalue weighted by molar-refractivity contribution is 0.415. The standard InChI is InChI=1S/C16H20O/c1-5-13(3)7-8-14(6-2)15-9-11-16(17-4)12-10-15/h6-12H,2,5H2,1,3-4H3/b13-7+,14-8+. The summed E-state index contributed by atoms with van der Waals surface area (Å²) in [7, 11) is 1.67. The quantitative estimate of drug-likeness (QED) is 0.668. The second-order valence-electron chi connectivity index (χ2n) is 3.92. The van der Waals surface area contributed by atoms with Crippen molar-refractivity contribution in [3.63, 3.8) is 0 Å². The first kappa shape index (κ1) is 13.3. The van der Waals surface area contributed by atoms with Crippen LogP contribution in [0.4, 0.5) is 0 Å². The zero-order valence-corrected chi connectivity index (χ0v) is 10.9. The Morgan fingerprint density at radius 2 is 1.88 bits per heavy atom. The van der Waals surface area contributed by atoms with E-state index in [1.807, 2.05) is 30.3 Å². The maximum absolute atomic E-state index is 5.14. The van der Waals surface area contributed by atoms with Crippen molar-refractivity contribution >= 4 is 5.57 Å². The molecular weight excluding hydrogens is 208 g/mol. The van der Waals surface area contributed by atoms with Crippen LogP contribution in [-0.2, 0) is 0 Å². The van der Waals surface area contributed by atoms with Gasteiger partial charge in [0.1, 0.15) is 5.75 Å². The number of hydrogen-bond donors (Lipinski definition) is 0. The highest BCUT2D eigenvalue weighted by atomic mass is 16.5. The van der Waals surface area contributed by atoms with Crippen LogP contribution in [0.2, 0.25) is 0 Å². The van der Waals surface area contributed by atoms with Gasteiger partial charge in [0.15, 0.2) is 0 Å². The highest BCUT2D eigenvalue weighted by molar-refractivity contribution is 5.75. The van der Waals surface area contributed by atoms with Crippen molar-refractivity contribution in [2.24, 2.45) is 0 Å². The Labute approximate surface area is 104 Å². The minimum atomic E-state index is 0.873. The Bertz CT molecular complexity index is 421. The molecule has 0 atom stereocenters. The molecule has 0 amide bonds. The Morgan fingerprint density at radius 1 is 1.24 bits per heavy atom. The van der Waals surface area contributed by atoms with E-state index < -0.39 is 0 Å². The number of allylic oxidation sites excluding steroid dienone is 5. The fourth-order valence-electron chi connectivity index (χ4n) is 1.42. The summed E-state index contributed by atoms with van der Waals surface area (Å²) in [5, 5.41) is 0. The summed E-state index contributed by atoms with van der Waals surface area (Å²) >= 11 is 0. The molecule has 0 N–H and O–H groups in total. The van der Waals surface area contributed by atoms with Gasteiger partial charge in [0, 0.05) is 0 Å². The summed E-state index contributed by atoms with van der Waals surface area (Å²) in [6, 6.07) is 8.01. The number of rotatable bonds is 5. The van der Waals surface area contributed by atoms with Crippen LogP contribution in [0.1, 0.15) is 25.8 Å². The second-order valence-corrected chi connectivity index (χ2v) is 3.92. The zero-order valence-electron chi connectivity index (χ0n) is 10.9. The predicted molar refractivity (Wildman–Crippen MR) is 75.2 cm³/mol. The van der Waals surface area contributed by atoms with Crippen molar-refractivity contribution in [3.05, 3.63) is 60.2 Å². The summed E-state index contributed by atoms with van der Waals surface area (Å²) < 4.78 is 5.14. The Hall–Kier alpha value is -1.76. The maximum Gasteiger partial charge on any atom is 0.118 e. The molecule has 0 aromatic heterocycles. The normalized spacial score (nSPS) is 12.4. The lowest BCUT2D eigenvalue weighted by atomic mass is 10.0. The van der Waals surface area contributed by atoms with E-state index in [4.69, 9.17) is 4.74 Å². The predicted octanol–water partition coefficient (Wildman–Crippen LogP) is 4.62. The van der Waals surface area contributed by atoms with Crippen LogP contribution in [0.5, 0.6) is 5.75 Å². The zero-order chi connectivity index (χ0) is 12.7. The molecule has 17 heavy (non-hydrogen) atoms. The van der Waals surface area contributed by atoms with Gasteiger partial charge >= 0.3 is 0 Å². The maximum atomic E-state index is 5.14. The van der Waals surface area contributed by atoms with Crippen molar-refractivity contribution in [3.8, 4) is 5.75 Å². The van der Waals surface area contributed by atoms with Crippen LogP contribution in [-0.4, -0.2) is 7.11 Å². The molecule has 0 aliphatic rings. The van der Waals surface area contributed by atoms with E-state index in [9.17, 15) is 0 Å². The van der Waals surface area contributed by atoms with Gasteiger partial charge in [0.25, 0.3) is 0 Å². The van der Waals surface area contributed by atoms with Gasteiger partial charge in [-0.2, -0.15) is 0 Å². The van der Waals surface area contributed by atoms with E-state index >= 15 is 0 Å². The molecule has 1 aromatic carbocycles. The number of methoxy groups -OCH3 is 1. The van der Waals surface area contributed by atoms with Crippen molar-refractivity contribution < 1.29 is 4.74 Å². The fraction of sp³-hybridized carbons (Fsp3) is 0.250. The number of ether oxygens (including phenoxy) is 1. The van der Waals surface area contributed by atoms with E-state index in [2.05, 4.69) is 32.6 Å². The summed E-state index contributed by atoms with van der Waals surface area (Å²) in [6.07, 6.45) is 7.19. The molecule has 0 fully saturated rings. The van der Waals surface area contributed by atoms with Gasteiger partial charge in [0.2, 0.25) is 0 Å². The third-order valence-corrected chi connectivity index (χ3v) is 2.75. The van der Waals surface area contributed by atoms with Gasteiger partial charge in [-0.3, -0.25) is 0 Å². The van der Waals surface area contributed by atoms with E-state index in [-0.39, 0.29) is 0 Å². The molecule has 0 radical (unpaired) electrons. The monoisotopic (exact) mass is 228 g/mol. The van der Waals surface area contributed by atoms with Crippen LogP contribution in [0.25, 0.3) is 5.57 Å². The lowest BCUT2D eigenvalue weighted by Crippen LogP contribution is -1.84. The summed E-state index contributed by atoms with van der Waals surface area (Å²) in [5.74, 6) is 0.873. The van der Waals surface area contributed by atoms with Gasteiger partial charge in [-0.1, -0.05) is 49.4 Å². The summed E-state index contributed by atoms with van der Waals surface area (Å²) in [5.41, 5.74) is 3.64.